The number of nitrogens with zero attached hydrogens (tertiary/aromatic N) is 2. The molecule has 0 radical (unpaired) electrons. The van der Waals surface area contributed by atoms with Gasteiger partial charge in [0.15, 0.2) is 0 Å². The van der Waals surface area contributed by atoms with Gasteiger partial charge in [-0.15, -0.1) is 0 Å². The van der Waals surface area contributed by atoms with Gasteiger partial charge in [-0.3, -0.25) is 4.79 Å². The fraction of sp³-hybridized carbons (Fsp3) is 0.375. The number of likely N-dealkylation sites (tertiary alicyclic amines) is 1. The monoisotopic (exact) mass is 430 g/mol. The smallest absolute Gasteiger partial charge is 0.246 e. The largest absolute Gasteiger partial charge is 0.334 e. The van der Waals surface area contributed by atoms with Crippen LogP contribution in [0.3, 0.4) is 0 Å². The molecule has 29 heavy (non-hydrogen) atoms. The standard InChI is InChI=1S/C24H28Cl2N2O/c1-19-12-14-27(15-13-19)16-17-28(18-21-4-9-23(26)10-5-21)24(29)11-6-20-2-7-22(25)8-3-20/h2-11,19H,12-18H2,1H3/b11-6+. The molecule has 3 nitrogen and oxygen atoms in total. The van der Waals surface area contributed by atoms with E-state index in [1.54, 1.807) is 6.08 Å². The molecule has 2 aromatic rings. The number of rotatable bonds is 7. The second-order valence-electron chi connectivity index (χ2n) is 7.80. The topological polar surface area (TPSA) is 23.6 Å². The van der Waals surface area contributed by atoms with Crippen molar-refractivity contribution in [3.63, 3.8) is 0 Å². The summed E-state index contributed by atoms with van der Waals surface area (Å²) in [7, 11) is 0. The summed E-state index contributed by atoms with van der Waals surface area (Å²) in [6.45, 7) is 6.73. The number of benzene rings is 2. The lowest BCUT2D eigenvalue weighted by atomic mass is 9.99. The van der Waals surface area contributed by atoms with Gasteiger partial charge in [0, 0.05) is 35.8 Å². The van der Waals surface area contributed by atoms with Crippen molar-refractivity contribution >= 4 is 35.2 Å². The second kappa shape index (κ2) is 10.8. The van der Waals surface area contributed by atoms with Crippen LogP contribution in [0.2, 0.25) is 10.0 Å². The Morgan fingerprint density at radius 2 is 1.62 bits per heavy atom. The molecule has 1 fully saturated rings. The highest BCUT2D eigenvalue weighted by molar-refractivity contribution is 6.30. The van der Waals surface area contributed by atoms with Crippen LogP contribution in [0.1, 0.15) is 30.9 Å². The van der Waals surface area contributed by atoms with Gasteiger partial charge in [-0.1, -0.05) is 54.4 Å². The van der Waals surface area contributed by atoms with Crippen LogP contribution in [0.4, 0.5) is 0 Å². The average Bonchev–Trinajstić information content (AvgIpc) is 2.73. The van der Waals surface area contributed by atoms with E-state index in [1.807, 2.05) is 59.5 Å². The van der Waals surface area contributed by atoms with Crippen LogP contribution in [-0.4, -0.2) is 41.9 Å². The van der Waals surface area contributed by atoms with Gasteiger partial charge in [-0.2, -0.15) is 0 Å². The molecule has 0 unspecified atom stereocenters. The quantitative estimate of drug-likeness (QED) is 0.520. The van der Waals surface area contributed by atoms with Crippen LogP contribution >= 0.6 is 23.2 Å². The van der Waals surface area contributed by atoms with E-state index in [0.717, 1.165) is 36.7 Å². The molecule has 0 atom stereocenters. The third-order valence-corrected chi connectivity index (χ3v) is 5.95. The minimum atomic E-state index is 0.0141. The molecule has 1 heterocycles. The minimum absolute atomic E-state index is 0.0141. The first-order chi connectivity index (χ1) is 14.0. The molecule has 0 saturated carbocycles. The molecule has 5 heteroatoms. The van der Waals surface area contributed by atoms with Crippen molar-refractivity contribution in [2.24, 2.45) is 5.92 Å². The van der Waals surface area contributed by atoms with E-state index in [2.05, 4.69) is 11.8 Å². The number of amides is 1. The van der Waals surface area contributed by atoms with Gasteiger partial charge < -0.3 is 9.80 Å². The third kappa shape index (κ3) is 7.18. The summed E-state index contributed by atoms with van der Waals surface area (Å²) in [5.41, 5.74) is 2.04. The maximum atomic E-state index is 12.9. The first-order valence-corrected chi connectivity index (χ1v) is 10.9. The molecular weight excluding hydrogens is 403 g/mol. The fourth-order valence-electron chi connectivity index (χ4n) is 3.47. The van der Waals surface area contributed by atoms with Crippen molar-refractivity contribution in [1.82, 2.24) is 9.80 Å². The lowest BCUT2D eigenvalue weighted by Gasteiger charge is -2.32. The number of hydrogen-bond acceptors (Lipinski definition) is 2. The number of carbonyl (C=O) groups is 1. The van der Waals surface area contributed by atoms with Crippen molar-refractivity contribution < 1.29 is 4.79 Å². The van der Waals surface area contributed by atoms with Crippen molar-refractivity contribution in [3.05, 3.63) is 75.8 Å². The van der Waals surface area contributed by atoms with Gasteiger partial charge in [-0.05, 0) is 73.3 Å². The van der Waals surface area contributed by atoms with E-state index >= 15 is 0 Å². The first kappa shape index (κ1) is 21.9. The molecule has 2 aromatic carbocycles. The average molecular weight is 431 g/mol. The van der Waals surface area contributed by atoms with Gasteiger partial charge in [0.25, 0.3) is 0 Å². The summed E-state index contributed by atoms with van der Waals surface area (Å²) < 4.78 is 0. The summed E-state index contributed by atoms with van der Waals surface area (Å²) in [5.74, 6) is 0.820. The van der Waals surface area contributed by atoms with E-state index in [1.165, 1.54) is 12.8 Å². The van der Waals surface area contributed by atoms with Gasteiger partial charge in [0.1, 0.15) is 0 Å². The molecule has 0 bridgehead atoms. The van der Waals surface area contributed by atoms with Gasteiger partial charge >= 0.3 is 0 Å². The van der Waals surface area contributed by atoms with Gasteiger partial charge in [-0.25, -0.2) is 0 Å². The summed E-state index contributed by atoms with van der Waals surface area (Å²) in [4.78, 5) is 17.3. The Morgan fingerprint density at radius 1 is 1.03 bits per heavy atom. The van der Waals surface area contributed by atoms with E-state index in [-0.39, 0.29) is 5.91 Å². The SMILES string of the molecule is CC1CCN(CCN(Cc2ccc(Cl)cc2)C(=O)/C=C/c2ccc(Cl)cc2)CC1. The van der Waals surface area contributed by atoms with Crippen molar-refractivity contribution in [1.29, 1.82) is 0 Å². The second-order valence-corrected chi connectivity index (χ2v) is 8.67. The molecule has 0 N–H and O–H groups in total. The highest BCUT2D eigenvalue weighted by atomic mass is 35.5. The molecular formula is C24H28Cl2N2O. The zero-order valence-electron chi connectivity index (χ0n) is 16.9. The summed E-state index contributed by atoms with van der Waals surface area (Å²) in [6, 6.07) is 15.2. The van der Waals surface area contributed by atoms with Crippen LogP contribution < -0.4 is 0 Å². The lowest BCUT2D eigenvalue weighted by molar-refractivity contribution is -0.126. The van der Waals surface area contributed by atoms with Crippen LogP contribution in [0.15, 0.2) is 54.6 Å². The molecule has 3 rings (SSSR count). The summed E-state index contributed by atoms with van der Waals surface area (Å²) >= 11 is 11.9. The zero-order valence-corrected chi connectivity index (χ0v) is 18.4. The van der Waals surface area contributed by atoms with Crippen molar-refractivity contribution in [3.8, 4) is 0 Å². The highest BCUT2D eigenvalue weighted by Crippen LogP contribution is 2.17. The maximum absolute atomic E-state index is 12.9. The zero-order chi connectivity index (χ0) is 20.6. The Labute approximate surface area is 183 Å². The molecule has 0 aliphatic carbocycles. The third-order valence-electron chi connectivity index (χ3n) is 5.45. The molecule has 1 saturated heterocycles. The Balaban J connectivity index is 1.65. The fourth-order valence-corrected chi connectivity index (χ4v) is 3.72. The van der Waals surface area contributed by atoms with E-state index in [0.29, 0.717) is 23.1 Å². The summed E-state index contributed by atoms with van der Waals surface area (Å²) in [6.07, 6.45) is 5.97. The normalized spacial score (nSPS) is 15.7. The molecule has 1 aliphatic rings. The number of hydrogen-bond donors (Lipinski definition) is 0. The van der Waals surface area contributed by atoms with Gasteiger partial charge in [0.05, 0.1) is 0 Å². The maximum Gasteiger partial charge on any atom is 0.246 e. The van der Waals surface area contributed by atoms with E-state index < -0.39 is 0 Å². The highest BCUT2D eigenvalue weighted by Gasteiger charge is 2.18. The molecule has 0 aromatic heterocycles. The van der Waals surface area contributed by atoms with Crippen LogP contribution in [-0.2, 0) is 11.3 Å². The van der Waals surface area contributed by atoms with Crippen LogP contribution in [0, 0.1) is 5.92 Å². The first-order valence-electron chi connectivity index (χ1n) is 10.2. The minimum Gasteiger partial charge on any atom is -0.334 e. The molecule has 1 aliphatic heterocycles. The Hall–Kier alpha value is -1.81. The van der Waals surface area contributed by atoms with Crippen molar-refractivity contribution in [2.45, 2.75) is 26.3 Å². The van der Waals surface area contributed by atoms with Crippen LogP contribution in [0.25, 0.3) is 6.08 Å². The molecule has 1 amide bonds. The van der Waals surface area contributed by atoms with Gasteiger partial charge in [0.2, 0.25) is 5.91 Å². The lowest BCUT2D eigenvalue weighted by Crippen LogP contribution is -2.40. The molecule has 0 spiro atoms. The van der Waals surface area contributed by atoms with Crippen molar-refractivity contribution in [2.75, 3.05) is 26.2 Å². The molecule has 154 valence electrons. The number of carbonyl (C=O) groups excluding carboxylic acids is 1. The Bertz CT molecular complexity index is 810. The number of piperidine rings is 1. The van der Waals surface area contributed by atoms with E-state index in [9.17, 15) is 4.79 Å². The predicted molar refractivity (Wildman–Crippen MR) is 122 cm³/mol. The predicted octanol–water partition coefficient (Wildman–Crippen LogP) is 5.77. The Kier molecular flexibility index (Phi) is 8.17. The van der Waals surface area contributed by atoms with Crippen LogP contribution in [0.5, 0.6) is 0 Å². The van der Waals surface area contributed by atoms with E-state index in [4.69, 9.17) is 23.2 Å². The summed E-state index contributed by atoms with van der Waals surface area (Å²) in [5, 5.41) is 1.39. The Morgan fingerprint density at radius 3 is 2.24 bits per heavy atom. The number of halogens is 2.